The van der Waals surface area contributed by atoms with Gasteiger partial charge in [0.05, 0.1) is 19.2 Å². The molecule has 0 unspecified atom stereocenters. The molecule has 0 aliphatic carbocycles. The van der Waals surface area contributed by atoms with E-state index in [1.807, 2.05) is 6.07 Å². The fourth-order valence-corrected chi connectivity index (χ4v) is 3.94. The Morgan fingerprint density at radius 1 is 1.10 bits per heavy atom. The number of para-hydroxylation sites is 2. The summed E-state index contributed by atoms with van der Waals surface area (Å²) < 4.78 is 51.1. The number of hydrogen-bond donors (Lipinski definition) is 0. The number of methoxy groups -OCH3 is 1. The van der Waals surface area contributed by atoms with Crippen molar-refractivity contribution in [2.24, 2.45) is 0 Å². The zero-order valence-corrected chi connectivity index (χ0v) is 17.1. The Morgan fingerprint density at radius 3 is 2.48 bits per heavy atom. The van der Waals surface area contributed by atoms with E-state index in [0.717, 1.165) is 12.1 Å². The molecule has 11 heteroatoms. The molecule has 1 amide bonds. The zero-order chi connectivity index (χ0) is 22.0. The molecule has 2 heterocycles. The minimum Gasteiger partial charge on any atom is -0.493 e. The molecule has 31 heavy (non-hydrogen) atoms. The second-order valence-corrected chi connectivity index (χ2v) is 7.56. The standard InChI is InChI=1S/C20H17F3N4O3S/c1-29-15-4-2-3-5-16(15)30-12-17-24-25-19-27(17)26(10-11-31-19)18(28)13-6-8-14(9-7-13)20(21,22)23/h2-9H,10-12H2,1H3. The Labute approximate surface area is 179 Å². The van der Waals surface area contributed by atoms with Crippen molar-refractivity contribution in [2.75, 3.05) is 24.4 Å². The van der Waals surface area contributed by atoms with Crippen LogP contribution in [0.5, 0.6) is 11.5 Å². The molecule has 0 spiro atoms. The van der Waals surface area contributed by atoms with E-state index >= 15 is 0 Å². The normalized spacial score (nSPS) is 13.6. The SMILES string of the molecule is COc1ccccc1OCc1nnc2n1N(C(=O)c1ccc(C(F)(F)F)cc1)CCS2. The number of carbonyl (C=O) groups is 1. The van der Waals surface area contributed by atoms with Crippen LogP contribution in [0, 0.1) is 0 Å². The summed E-state index contributed by atoms with van der Waals surface area (Å²) in [7, 11) is 1.53. The molecule has 4 rings (SSSR count). The van der Waals surface area contributed by atoms with Gasteiger partial charge in [-0.15, -0.1) is 10.2 Å². The number of aromatic nitrogens is 3. The first-order valence-corrected chi connectivity index (χ1v) is 10.2. The highest BCUT2D eigenvalue weighted by Crippen LogP contribution is 2.30. The van der Waals surface area contributed by atoms with Gasteiger partial charge in [0.2, 0.25) is 5.16 Å². The highest BCUT2D eigenvalue weighted by Gasteiger charge is 2.32. The van der Waals surface area contributed by atoms with Crippen molar-refractivity contribution in [3.8, 4) is 11.5 Å². The minimum absolute atomic E-state index is 0.0186. The molecular weight excluding hydrogens is 433 g/mol. The second-order valence-electron chi connectivity index (χ2n) is 6.50. The van der Waals surface area contributed by atoms with Crippen LogP contribution in [0.3, 0.4) is 0 Å². The Balaban J connectivity index is 1.57. The topological polar surface area (TPSA) is 69.5 Å². The van der Waals surface area contributed by atoms with E-state index in [2.05, 4.69) is 10.2 Å². The van der Waals surface area contributed by atoms with Crippen molar-refractivity contribution in [1.82, 2.24) is 14.9 Å². The molecule has 0 saturated heterocycles. The van der Waals surface area contributed by atoms with Gasteiger partial charge in [0.15, 0.2) is 17.3 Å². The molecule has 0 atom stereocenters. The van der Waals surface area contributed by atoms with E-state index in [1.54, 1.807) is 22.9 Å². The Bertz CT molecular complexity index is 1090. The lowest BCUT2D eigenvalue weighted by Crippen LogP contribution is -2.45. The molecule has 0 N–H and O–H groups in total. The van der Waals surface area contributed by atoms with E-state index in [9.17, 15) is 18.0 Å². The lowest BCUT2D eigenvalue weighted by Gasteiger charge is -2.29. The van der Waals surface area contributed by atoms with Crippen LogP contribution in [0.25, 0.3) is 0 Å². The molecule has 7 nitrogen and oxygen atoms in total. The lowest BCUT2D eigenvalue weighted by atomic mass is 10.1. The first kappa shape index (κ1) is 21.0. The third-order valence-corrected chi connectivity index (χ3v) is 5.47. The number of benzene rings is 2. The minimum atomic E-state index is -4.46. The second kappa shape index (κ2) is 8.50. The summed E-state index contributed by atoms with van der Waals surface area (Å²) in [5, 5.41) is 10.1. The maximum Gasteiger partial charge on any atom is 0.416 e. The van der Waals surface area contributed by atoms with E-state index in [0.29, 0.717) is 34.8 Å². The highest BCUT2D eigenvalue weighted by molar-refractivity contribution is 7.99. The number of ether oxygens (including phenoxy) is 2. The van der Waals surface area contributed by atoms with Crippen LogP contribution in [-0.2, 0) is 12.8 Å². The van der Waals surface area contributed by atoms with Gasteiger partial charge in [0, 0.05) is 11.3 Å². The Hall–Kier alpha value is -3.21. The maximum absolute atomic E-state index is 13.0. The Kier molecular flexibility index (Phi) is 5.77. The van der Waals surface area contributed by atoms with Gasteiger partial charge in [-0.05, 0) is 36.4 Å². The largest absolute Gasteiger partial charge is 0.493 e. The van der Waals surface area contributed by atoms with Crippen LogP contribution in [0.4, 0.5) is 13.2 Å². The molecule has 0 bridgehead atoms. The third-order valence-electron chi connectivity index (χ3n) is 4.57. The average Bonchev–Trinajstić information content (AvgIpc) is 3.20. The summed E-state index contributed by atoms with van der Waals surface area (Å²) in [6.45, 7) is 0.363. The fourth-order valence-electron chi connectivity index (χ4n) is 3.07. The van der Waals surface area contributed by atoms with Crippen LogP contribution in [0.15, 0.2) is 53.7 Å². The van der Waals surface area contributed by atoms with Crippen LogP contribution in [0.1, 0.15) is 21.7 Å². The summed E-state index contributed by atoms with van der Waals surface area (Å²) >= 11 is 1.43. The van der Waals surface area contributed by atoms with Crippen molar-refractivity contribution >= 4 is 17.7 Å². The van der Waals surface area contributed by atoms with Crippen LogP contribution in [0.2, 0.25) is 0 Å². The van der Waals surface area contributed by atoms with Crippen LogP contribution < -0.4 is 14.5 Å². The Morgan fingerprint density at radius 2 is 1.81 bits per heavy atom. The number of hydrogen-bond acceptors (Lipinski definition) is 6. The molecule has 1 aliphatic rings. The van der Waals surface area contributed by atoms with Crippen molar-refractivity contribution in [3.05, 3.63) is 65.5 Å². The number of nitrogens with zero attached hydrogens (tertiary/aromatic N) is 4. The molecule has 2 aromatic carbocycles. The smallest absolute Gasteiger partial charge is 0.416 e. The van der Waals surface area contributed by atoms with E-state index in [4.69, 9.17) is 9.47 Å². The molecule has 162 valence electrons. The lowest BCUT2D eigenvalue weighted by molar-refractivity contribution is -0.137. The van der Waals surface area contributed by atoms with Gasteiger partial charge in [0.25, 0.3) is 5.91 Å². The van der Waals surface area contributed by atoms with Gasteiger partial charge in [-0.25, -0.2) is 9.69 Å². The van der Waals surface area contributed by atoms with Gasteiger partial charge in [-0.1, -0.05) is 23.9 Å². The van der Waals surface area contributed by atoms with Crippen LogP contribution in [-0.4, -0.2) is 40.2 Å². The van der Waals surface area contributed by atoms with Crippen molar-refractivity contribution < 1.29 is 27.4 Å². The van der Waals surface area contributed by atoms with Gasteiger partial charge in [0.1, 0.15) is 6.61 Å². The summed E-state index contributed by atoms with van der Waals surface area (Å²) in [6, 6.07) is 11.2. The number of rotatable bonds is 5. The van der Waals surface area contributed by atoms with E-state index in [1.165, 1.54) is 36.0 Å². The summed E-state index contributed by atoms with van der Waals surface area (Å²) in [6.07, 6.45) is -4.46. The number of thioether (sulfide) groups is 1. The number of fused-ring (bicyclic) bond motifs is 1. The summed E-state index contributed by atoms with van der Waals surface area (Å²) in [4.78, 5) is 13.0. The molecular formula is C20H17F3N4O3S. The maximum atomic E-state index is 13.0. The van der Waals surface area contributed by atoms with Crippen LogP contribution >= 0.6 is 11.8 Å². The molecule has 3 aromatic rings. The average molecular weight is 450 g/mol. The molecule has 0 saturated carbocycles. The fraction of sp³-hybridized carbons (Fsp3) is 0.250. The zero-order valence-electron chi connectivity index (χ0n) is 16.3. The first-order chi connectivity index (χ1) is 14.9. The summed E-state index contributed by atoms with van der Waals surface area (Å²) in [5.74, 6) is 1.57. The predicted molar refractivity (Wildman–Crippen MR) is 107 cm³/mol. The summed E-state index contributed by atoms with van der Waals surface area (Å²) in [5.41, 5.74) is -0.676. The monoisotopic (exact) mass is 450 g/mol. The number of alkyl halides is 3. The number of halogens is 3. The van der Waals surface area contributed by atoms with Crippen molar-refractivity contribution in [2.45, 2.75) is 17.9 Å². The highest BCUT2D eigenvalue weighted by atomic mass is 32.2. The van der Waals surface area contributed by atoms with E-state index in [-0.39, 0.29) is 12.2 Å². The number of carbonyl (C=O) groups excluding carboxylic acids is 1. The molecule has 1 aromatic heterocycles. The molecule has 0 fully saturated rings. The van der Waals surface area contributed by atoms with Crippen molar-refractivity contribution in [3.63, 3.8) is 0 Å². The number of amides is 1. The van der Waals surface area contributed by atoms with E-state index < -0.39 is 17.6 Å². The third kappa shape index (κ3) is 4.31. The quantitative estimate of drug-likeness (QED) is 0.590. The van der Waals surface area contributed by atoms with Crippen molar-refractivity contribution in [1.29, 1.82) is 0 Å². The molecule has 1 aliphatic heterocycles. The van der Waals surface area contributed by atoms with Gasteiger partial charge < -0.3 is 9.47 Å². The molecule has 0 radical (unpaired) electrons. The van der Waals surface area contributed by atoms with Gasteiger partial charge in [-0.3, -0.25) is 4.79 Å². The van der Waals surface area contributed by atoms with Gasteiger partial charge >= 0.3 is 6.18 Å². The predicted octanol–water partition coefficient (Wildman–Crippen LogP) is 3.77. The first-order valence-electron chi connectivity index (χ1n) is 9.21. The van der Waals surface area contributed by atoms with Gasteiger partial charge in [-0.2, -0.15) is 13.2 Å².